The first-order valence-corrected chi connectivity index (χ1v) is 4.92. The normalized spacial score (nSPS) is 36.0. The van der Waals surface area contributed by atoms with Gasteiger partial charge in [-0.2, -0.15) is 4.80 Å². The van der Waals surface area contributed by atoms with E-state index in [-0.39, 0.29) is 0 Å². The van der Waals surface area contributed by atoms with Crippen LogP contribution in [0.3, 0.4) is 0 Å². The zero-order chi connectivity index (χ0) is 11.0. The van der Waals surface area contributed by atoms with E-state index in [0.717, 1.165) is 0 Å². The summed E-state index contributed by atoms with van der Waals surface area (Å²) in [6.45, 7) is 4.18. The third-order valence-electron chi connectivity index (χ3n) is 2.51. The summed E-state index contributed by atoms with van der Waals surface area (Å²) in [5, 5.41) is 30.7. The molecule has 0 spiro atoms. The lowest BCUT2D eigenvalue weighted by atomic mass is 10.1. The lowest BCUT2D eigenvalue weighted by Crippen LogP contribution is -2.29. The SMILES string of the molecule is CCn1nnc([C@H]2O[C@@H](C)C(O)[C@H]2O)n1. The molecular weight excluding hydrogens is 200 g/mol. The summed E-state index contributed by atoms with van der Waals surface area (Å²) >= 11 is 0. The molecule has 15 heavy (non-hydrogen) atoms. The maximum atomic E-state index is 9.67. The molecule has 1 aliphatic heterocycles. The highest BCUT2D eigenvalue weighted by molar-refractivity contribution is 4.98. The molecule has 1 aliphatic rings. The molecule has 2 rings (SSSR count). The maximum Gasteiger partial charge on any atom is 0.206 e. The molecule has 0 saturated carbocycles. The van der Waals surface area contributed by atoms with Crippen molar-refractivity contribution < 1.29 is 14.9 Å². The molecule has 2 N–H and O–H groups in total. The van der Waals surface area contributed by atoms with Crippen LogP contribution in [0.15, 0.2) is 0 Å². The third-order valence-corrected chi connectivity index (χ3v) is 2.51. The first-order chi connectivity index (χ1) is 7.13. The summed E-state index contributed by atoms with van der Waals surface area (Å²) < 4.78 is 5.35. The van der Waals surface area contributed by atoms with Gasteiger partial charge in [0.2, 0.25) is 5.82 Å². The second kappa shape index (κ2) is 3.84. The van der Waals surface area contributed by atoms with Crippen LogP contribution < -0.4 is 0 Å². The number of aliphatic hydroxyl groups is 2. The molecule has 1 aromatic heterocycles. The van der Waals surface area contributed by atoms with Crippen LogP contribution in [-0.2, 0) is 11.3 Å². The summed E-state index contributed by atoms with van der Waals surface area (Å²) in [7, 11) is 0. The maximum absolute atomic E-state index is 9.67. The number of aliphatic hydroxyl groups excluding tert-OH is 2. The van der Waals surface area contributed by atoms with Crippen LogP contribution in [0.2, 0.25) is 0 Å². The highest BCUT2D eigenvalue weighted by atomic mass is 16.5. The third kappa shape index (κ3) is 1.73. The average Bonchev–Trinajstić information content (AvgIpc) is 2.79. The molecule has 84 valence electrons. The lowest BCUT2D eigenvalue weighted by Gasteiger charge is -2.09. The van der Waals surface area contributed by atoms with E-state index in [1.165, 1.54) is 4.80 Å². The second-order valence-corrected chi connectivity index (χ2v) is 3.58. The van der Waals surface area contributed by atoms with Crippen LogP contribution in [0.1, 0.15) is 25.8 Å². The van der Waals surface area contributed by atoms with E-state index in [1.54, 1.807) is 6.92 Å². The first-order valence-electron chi connectivity index (χ1n) is 4.92. The van der Waals surface area contributed by atoms with E-state index in [0.29, 0.717) is 12.4 Å². The van der Waals surface area contributed by atoms with Gasteiger partial charge >= 0.3 is 0 Å². The van der Waals surface area contributed by atoms with E-state index in [4.69, 9.17) is 4.74 Å². The summed E-state index contributed by atoms with van der Waals surface area (Å²) in [5.41, 5.74) is 0. The van der Waals surface area contributed by atoms with Gasteiger partial charge in [0.1, 0.15) is 18.3 Å². The van der Waals surface area contributed by atoms with Crippen molar-refractivity contribution in [2.24, 2.45) is 0 Å². The van der Waals surface area contributed by atoms with Gasteiger partial charge < -0.3 is 14.9 Å². The van der Waals surface area contributed by atoms with Gasteiger partial charge in [-0.3, -0.25) is 0 Å². The van der Waals surface area contributed by atoms with Crippen LogP contribution in [0.5, 0.6) is 0 Å². The number of rotatable bonds is 2. The summed E-state index contributed by atoms with van der Waals surface area (Å²) in [6, 6.07) is 0. The van der Waals surface area contributed by atoms with E-state index in [2.05, 4.69) is 15.4 Å². The van der Waals surface area contributed by atoms with Gasteiger partial charge in [0.15, 0.2) is 0 Å². The van der Waals surface area contributed by atoms with Crippen molar-refractivity contribution in [1.82, 2.24) is 20.2 Å². The summed E-state index contributed by atoms with van der Waals surface area (Å²) in [4.78, 5) is 1.40. The van der Waals surface area contributed by atoms with Crippen molar-refractivity contribution in [2.45, 2.75) is 44.8 Å². The molecule has 0 aliphatic carbocycles. The predicted molar refractivity (Wildman–Crippen MR) is 48.8 cm³/mol. The van der Waals surface area contributed by atoms with Gasteiger partial charge in [0, 0.05) is 0 Å². The molecule has 1 aromatic rings. The lowest BCUT2D eigenvalue weighted by molar-refractivity contribution is 0.00946. The Morgan fingerprint density at radius 1 is 1.40 bits per heavy atom. The molecule has 2 heterocycles. The van der Waals surface area contributed by atoms with E-state index in [1.807, 2.05) is 6.92 Å². The topological polar surface area (TPSA) is 93.3 Å². The van der Waals surface area contributed by atoms with Crippen LogP contribution >= 0.6 is 0 Å². The molecule has 7 heteroatoms. The van der Waals surface area contributed by atoms with E-state index >= 15 is 0 Å². The Morgan fingerprint density at radius 3 is 2.60 bits per heavy atom. The highest BCUT2D eigenvalue weighted by Gasteiger charge is 2.43. The molecule has 1 unspecified atom stereocenters. The smallest absolute Gasteiger partial charge is 0.206 e. The van der Waals surface area contributed by atoms with Gasteiger partial charge in [-0.05, 0) is 19.1 Å². The van der Waals surface area contributed by atoms with Crippen molar-refractivity contribution >= 4 is 0 Å². The Balaban J connectivity index is 2.17. The largest absolute Gasteiger partial charge is 0.388 e. The number of tetrazole rings is 1. The Labute approximate surface area is 86.7 Å². The van der Waals surface area contributed by atoms with Crippen LogP contribution in [0.25, 0.3) is 0 Å². The van der Waals surface area contributed by atoms with Crippen molar-refractivity contribution in [3.63, 3.8) is 0 Å². The minimum Gasteiger partial charge on any atom is -0.388 e. The molecule has 1 fully saturated rings. The van der Waals surface area contributed by atoms with Crippen molar-refractivity contribution in [3.05, 3.63) is 5.82 Å². The second-order valence-electron chi connectivity index (χ2n) is 3.58. The highest BCUT2D eigenvalue weighted by Crippen LogP contribution is 2.30. The van der Waals surface area contributed by atoms with Gasteiger partial charge in [0.25, 0.3) is 0 Å². The molecule has 0 aromatic carbocycles. The fourth-order valence-corrected chi connectivity index (χ4v) is 1.57. The minimum absolute atomic E-state index is 0.313. The number of aryl methyl sites for hydroxylation is 1. The minimum atomic E-state index is -0.991. The summed E-state index contributed by atoms with van der Waals surface area (Å²) in [5.74, 6) is 0.313. The van der Waals surface area contributed by atoms with E-state index < -0.39 is 24.4 Å². The van der Waals surface area contributed by atoms with Crippen molar-refractivity contribution in [3.8, 4) is 0 Å². The molecule has 4 atom stereocenters. The number of ether oxygens (including phenoxy) is 1. The number of nitrogens with zero attached hydrogens (tertiary/aromatic N) is 4. The number of aromatic nitrogens is 4. The average molecular weight is 214 g/mol. The fourth-order valence-electron chi connectivity index (χ4n) is 1.57. The van der Waals surface area contributed by atoms with Gasteiger partial charge in [-0.15, -0.1) is 10.2 Å². The zero-order valence-corrected chi connectivity index (χ0v) is 8.61. The molecule has 0 bridgehead atoms. The van der Waals surface area contributed by atoms with Crippen LogP contribution in [-0.4, -0.2) is 48.7 Å². The number of hydrogen-bond acceptors (Lipinski definition) is 6. The molecule has 0 radical (unpaired) electrons. The van der Waals surface area contributed by atoms with Crippen LogP contribution in [0, 0.1) is 0 Å². The standard InChI is InChI=1S/C8H14N4O3/c1-3-12-10-8(9-11-12)7-6(14)5(13)4(2)15-7/h4-7,13-14H,3H2,1-2H3/t4-,5?,6+,7-/m0/s1. The zero-order valence-electron chi connectivity index (χ0n) is 8.61. The molecule has 0 amide bonds. The first kappa shape index (κ1) is 10.5. The number of hydrogen-bond donors (Lipinski definition) is 2. The monoisotopic (exact) mass is 214 g/mol. The Hall–Kier alpha value is -1.05. The van der Waals surface area contributed by atoms with Crippen LogP contribution in [0.4, 0.5) is 0 Å². The van der Waals surface area contributed by atoms with Gasteiger partial charge in [0.05, 0.1) is 12.6 Å². The molecule has 7 nitrogen and oxygen atoms in total. The summed E-state index contributed by atoms with van der Waals surface area (Å²) in [6.07, 6.45) is -2.99. The Bertz CT molecular complexity index is 342. The quantitative estimate of drug-likeness (QED) is 0.647. The fraction of sp³-hybridized carbons (Fsp3) is 0.875. The predicted octanol–water partition coefficient (Wildman–Crippen LogP) is -1.13. The van der Waals surface area contributed by atoms with Gasteiger partial charge in [-0.1, -0.05) is 0 Å². The molecular formula is C8H14N4O3. The van der Waals surface area contributed by atoms with Crippen molar-refractivity contribution in [1.29, 1.82) is 0 Å². The Kier molecular flexibility index (Phi) is 2.68. The van der Waals surface area contributed by atoms with Crippen molar-refractivity contribution in [2.75, 3.05) is 0 Å². The Morgan fingerprint density at radius 2 is 2.13 bits per heavy atom. The molecule has 1 saturated heterocycles. The van der Waals surface area contributed by atoms with Gasteiger partial charge in [-0.25, -0.2) is 0 Å². The van der Waals surface area contributed by atoms with E-state index in [9.17, 15) is 10.2 Å².